The van der Waals surface area contributed by atoms with Crippen LogP contribution < -0.4 is 19.5 Å². The van der Waals surface area contributed by atoms with Crippen LogP contribution in [0.2, 0.25) is 0 Å². The minimum atomic E-state index is -0.186. The van der Waals surface area contributed by atoms with Gasteiger partial charge in [-0.15, -0.1) is 0 Å². The van der Waals surface area contributed by atoms with Gasteiger partial charge in [0.25, 0.3) is 5.91 Å². The molecule has 1 amide bonds. The number of piperidine rings is 1. The number of aromatic amines is 1. The normalized spacial score (nSPS) is 18.6. The summed E-state index contributed by atoms with van der Waals surface area (Å²) < 4.78 is 16.5. The predicted molar refractivity (Wildman–Crippen MR) is 134 cm³/mol. The van der Waals surface area contributed by atoms with Crippen molar-refractivity contribution in [3.8, 4) is 17.2 Å². The summed E-state index contributed by atoms with van der Waals surface area (Å²) in [6, 6.07) is 11.9. The maximum absolute atomic E-state index is 13.1. The smallest absolute Gasteiger partial charge is 0.268 e. The molecule has 4 rings (SSSR count). The highest BCUT2D eigenvalue weighted by Gasteiger charge is 2.23. The molecule has 2 aromatic carbocycles. The standard InChI is InChI=1S/C27H35N3O4/c1-17-10-18(2)15-30(14-17)16-20-9-7-6-8-19(20)13-28-27(31)22-11-21-23(32-3)12-24(33-4)26(34-5)25(21)29-22/h6-9,11-12,17-18,29H,10,13-16H2,1-5H3,(H,28,31). The van der Waals surface area contributed by atoms with Crippen LogP contribution in [-0.4, -0.2) is 50.2 Å². The van der Waals surface area contributed by atoms with E-state index in [2.05, 4.69) is 47.2 Å². The molecule has 2 heterocycles. The SMILES string of the molecule is COc1cc(OC)c2cc(C(=O)NCc3ccccc3CN3CC(C)CC(C)C3)[nH]c2c1OC. The lowest BCUT2D eigenvalue weighted by molar-refractivity contribution is 0.0946. The fourth-order valence-corrected chi connectivity index (χ4v) is 5.18. The molecule has 1 aromatic heterocycles. The van der Waals surface area contributed by atoms with Crippen LogP contribution in [0, 0.1) is 11.8 Å². The lowest BCUT2D eigenvalue weighted by Crippen LogP contribution is -2.38. The summed E-state index contributed by atoms with van der Waals surface area (Å²) in [4.78, 5) is 18.8. The largest absolute Gasteiger partial charge is 0.496 e. The van der Waals surface area contributed by atoms with Crippen molar-refractivity contribution in [3.63, 3.8) is 0 Å². The molecule has 2 N–H and O–H groups in total. The van der Waals surface area contributed by atoms with E-state index in [9.17, 15) is 4.79 Å². The van der Waals surface area contributed by atoms with Crippen LogP contribution in [-0.2, 0) is 13.1 Å². The zero-order valence-corrected chi connectivity index (χ0v) is 20.7. The van der Waals surface area contributed by atoms with Gasteiger partial charge in [-0.25, -0.2) is 0 Å². The second-order valence-electron chi connectivity index (χ2n) is 9.38. The summed E-state index contributed by atoms with van der Waals surface area (Å²) in [6.07, 6.45) is 1.29. The first-order chi connectivity index (χ1) is 16.4. The van der Waals surface area contributed by atoms with Crippen LogP contribution in [0.25, 0.3) is 10.9 Å². The van der Waals surface area contributed by atoms with Gasteiger partial charge in [0, 0.05) is 37.6 Å². The van der Waals surface area contributed by atoms with E-state index in [-0.39, 0.29) is 5.91 Å². The number of hydrogen-bond donors (Lipinski definition) is 2. The maximum atomic E-state index is 13.1. The fourth-order valence-electron chi connectivity index (χ4n) is 5.18. The zero-order valence-electron chi connectivity index (χ0n) is 20.7. The Hall–Kier alpha value is -3.19. The number of rotatable bonds is 8. The second-order valence-corrected chi connectivity index (χ2v) is 9.38. The molecular weight excluding hydrogens is 430 g/mol. The highest BCUT2D eigenvalue weighted by molar-refractivity contribution is 6.02. The Labute approximate surface area is 201 Å². The van der Waals surface area contributed by atoms with Gasteiger partial charge >= 0.3 is 0 Å². The second kappa shape index (κ2) is 10.4. The molecule has 1 aliphatic heterocycles. The Bertz CT molecular complexity index is 1150. The van der Waals surface area contributed by atoms with E-state index in [4.69, 9.17) is 14.2 Å². The number of nitrogens with one attached hydrogen (secondary N) is 2. The number of aromatic nitrogens is 1. The van der Waals surface area contributed by atoms with Crippen LogP contribution in [0.3, 0.4) is 0 Å². The molecule has 0 spiro atoms. The van der Waals surface area contributed by atoms with Gasteiger partial charge in [0.05, 0.1) is 26.8 Å². The lowest BCUT2D eigenvalue weighted by Gasteiger charge is -2.35. The molecule has 1 saturated heterocycles. The molecule has 2 unspecified atom stereocenters. The van der Waals surface area contributed by atoms with Crippen molar-refractivity contribution in [3.05, 3.63) is 53.2 Å². The number of amides is 1. The van der Waals surface area contributed by atoms with Gasteiger partial charge in [-0.05, 0) is 35.4 Å². The number of hydrogen-bond acceptors (Lipinski definition) is 5. The minimum absolute atomic E-state index is 0.186. The average Bonchev–Trinajstić information content (AvgIpc) is 3.27. The number of likely N-dealkylation sites (tertiary alicyclic amines) is 1. The zero-order chi connectivity index (χ0) is 24.2. The van der Waals surface area contributed by atoms with E-state index in [0.29, 0.717) is 46.8 Å². The number of carbonyl (C=O) groups excluding carboxylic acids is 1. The molecule has 1 fully saturated rings. The summed E-state index contributed by atoms with van der Waals surface area (Å²) >= 11 is 0. The Balaban J connectivity index is 1.51. The topological polar surface area (TPSA) is 75.8 Å². The van der Waals surface area contributed by atoms with E-state index >= 15 is 0 Å². The Kier molecular flexibility index (Phi) is 7.32. The first-order valence-corrected chi connectivity index (χ1v) is 11.8. The van der Waals surface area contributed by atoms with Gasteiger partial charge in [0.1, 0.15) is 11.4 Å². The Morgan fingerprint density at radius 3 is 2.32 bits per heavy atom. The fraction of sp³-hybridized carbons (Fsp3) is 0.444. The van der Waals surface area contributed by atoms with Crippen molar-refractivity contribution in [2.24, 2.45) is 11.8 Å². The quantitative estimate of drug-likeness (QED) is 0.508. The number of fused-ring (bicyclic) bond motifs is 1. The highest BCUT2D eigenvalue weighted by Crippen LogP contribution is 2.41. The van der Waals surface area contributed by atoms with Crippen LogP contribution in [0.15, 0.2) is 36.4 Å². The van der Waals surface area contributed by atoms with E-state index in [1.54, 1.807) is 33.5 Å². The van der Waals surface area contributed by atoms with Gasteiger partial charge in [0.2, 0.25) is 0 Å². The molecular formula is C27H35N3O4. The van der Waals surface area contributed by atoms with Crippen molar-refractivity contribution < 1.29 is 19.0 Å². The number of H-pyrrole nitrogens is 1. The summed E-state index contributed by atoms with van der Waals surface area (Å²) in [5.41, 5.74) is 3.50. The average molecular weight is 466 g/mol. The predicted octanol–water partition coefficient (Wildman–Crippen LogP) is 4.60. The van der Waals surface area contributed by atoms with Gasteiger partial charge < -0.3 is 24.5 Å². The first-order valence-electron chi connectivity index (χ1n) is 11.8. The van der Waals surface area contributed by atoms with E-state index in [0.717, 1.165) is 30.6 Å². The molecule has 7 nitrogen and oxygen atoms in total. The first kappa shape index (κ1) is 24.0. The molecule has 0 radical (unpaired) electrons. The number of methoxy groups -OCH3 is 3. The van der Waals surface area contributed by atoms with Crippen molar-refractivity contribution in [2.75, 3.05) is 34.4 Å². The van der Waals surface area contributed by atoms with Crippen molar-refractivity contribution in [2.45, 2.75) is 33.4 Å². The van der Waals surface area contributed by atoms with Crippen LogP contribution >= 0.6 is 0 Å². The maximum Gasteiger partial charge on any atom is 0.268 e. The number of carbonyl (C=O) groups is 1. The molecule has 182 valence electrons. The van der Waals surface area contributed by atoms with Crippen LogP contribution in [0.4, 0.5) is 0 Å². The molecule has 1 aliphatic rings. The minimum Gasteiger partial charge on any atom is -0.496 e. The summed E-state index contributed by atoms with van der Waals surface area (Å²) in [7, 11) is 4.74. The number of nitrogens with zero attached hydrogens (tertiary/aromatic N) is 1. The number of ether oxygens (including phenoxy) is 3. The van der Waals surface area contributed by atoms with Gasteiger partial charge in [-0.3, -0.25) is 9.69 Å². The monoisotopic (exact) mass is 465 g/mol. The molecule has 0 aliphatic carbocycles. The van der Waals surface area contributed by atoms with Gasteiger partial charge in [0.15, 0.2) is 11.5 Å². The Morgan fingerprint density at radius 1 is 1.00 bits per heavy atom. The third-order valence-electron chi connectivity index (χ3n) is 6.58. The molecule has 2 atom stereocenters. The van der Waals surface area contributed by atoms with Crippen molar-refractivity contribution in [1.82, 2.24) is 15.2 Å². The van der Waals surface area contributed by atoms with Crippen molar-refractivity contribution in [1.29, 1.82) is 0 Å². The van der Waals surface area contributed by atoms with Gasteiger partial charge in [-0.1, -0.05) is 38.1 Å². The third-order valence-corrected chi connectivity index (χ3v) is 6.58. The van der Waals surface area contributed by atoms with E-state index in [1.165, 1.54) is 12.0 Å². The third kappa shape index (κ3) is 4.99. The van der Waals surface area contributed by atoms with E-state index in [1.807, 2.05) is 6.07 Å². The van der Waals surface area contributed by atoms with Crippen molar-refractivity contribution >= 4 is 16.8 Å². The molecule has 0 saturated carbocycles. The summed E-state index contributed by atoms with van der Waals surface area (Å²) in [5, 5.41) is 3.84. The van der Waals surface area contributed by atoms with Crippen LogP contribution in [0.1, 0.15) is 41.9 Å². The molecule has 3 aromatic rings. The summed E-state index contributed by atoms with van der Waals surface area (Å²) in [5.74, 6) is 2.92. The highest BCUT2D eigenvalue weighted by atomic mass is 16.5. The number of benzene rings is 2. The molecule has 0 bridgehead atoms. The van der Waals surface area contributed by atoms with Gasteiger partial charge in [-0.2, -0.15) is 0 Å². The summed E-state index contributed by atoms with van der Waals surface area (Å²) in [6.45, 7) is 8.26. The lowest BCUT2D eigenvalue weighted by atomic mass is 9.91. The molecule has 7 heteroatoms. The van der Waals surface area contributed by atoms with E-state index < -0.39 is 0 Å². The van der Waals surface area contributed by atoms with Crippen LogP contribution in [0.5, 0.6) is 17.2 Å². The molecule has 34 heavy (non-hydrogen) atoms. The Morgan fingerprint density at radius 2 is 1.68 bits per heavy atom.